The maximum absolute atomic E-state index is 5.36. The van der Waals surface area contributed by atoms with Crippen LogP contribution in [-0.4, -0.2) is 24.2 Å². The maximum atomic E-state index is 5.36. The van der Waals surface area contributed by atoms with Gasteiger partial charge in [-0.2, -0.15) is 0 Å². The number of imidazole rings is 1. The Bertz CT molecular complexity index is 267. The van der Waals surface area contributed by atoms with Gasteiger partial charge in [-0.1, -0.05) is 6.58 Å². The third kappa shape index (κ3) is 3.72. The van der Waals surface area contributed by atoms with Crippen LogP contribution in [0.15, 0.2) is 25.3 Å². The van der Waals surface area contributed by atoms with Gasteiger partial charge in [0.2, 0.25) is 6.33 Å². The molecule has 78 valence electrons. The van der Waals surface area contributed by atoms with Gasteiger partial charge in [0.15, 0.2) is 0 Å². The summed E-state index contributed by atoms with van der Waals surface area (Å²) in [5.74, 6) is 0. The molecule has 0 spiro atoms. The molecule has 0 atom stereocenters. The van der Waals surface area contributed by atoms with Gasteiger partial charge in [0.1, 0.15) is 12.4 Å². The van der Waals surface area contributed by atoms with Crippen molar-refractivity contribution in [3.63, 3.8) is 0 Å². The molecule has 0 bridgehead atoms. The summed E-state index contributed by atoms with van der Waals surface area (Å²) in [6, 6.07) is 0. The van der Waals surface area contributed by atoms with Crippen LogP contribution in [0.2, 0.25) is 0 Å². The van der Waals surface area contributed by atoms with E-state index in [4.69, 9.17) is 5.73 Å². The lowest BCUT2D eigenvalue weighted by Crippen LogP contribution is -2.33. The number of hydrogen-bond acceptors (Lipinski definition) is 2. The normalized spacial score (nSPS) is 10.4. The van der Waals surface area contributed by atoms with E-state index in [0.29, 0.717) is 6.54 Å². The van der Waals surface area contributed by atoms with Crippen molar-refractivity contribution < 1.29 is 4.57 Å². The van der Waals surface area contributed by atoms with Crippen LogP contribution in [0, 0.1) is 0 Å². The lowest BCUT2D eigenvalue weighted by molar-refractivity contribution is -0.696. The summed E-state index contributed by atoms with van der Waals surface area (Å²) in [4.78, 5) is 0. The molecule has 14 heavy (non-hydrogen) atoms. The van der Waals surface area contributed by atoms with Gasteiger partial charge in [0.05, 0.1) is 12.7 Å². The molecule has 0 radical (unpaired) electrons. The van der Waals surface area contributed by atoms with E-state index in [1.807, 2.05) is 23.3 Å². The van der Waals surface area contributed by atoms with Gasteiger partial charge in [-0.25, -0.2) is 9.13 Å². The highest BCUT2D eigenvalue weighted by atomic mass is 15.1. The molecular weight excluding hydrogens is 176 g/mol. The van der Waals surface area contributed by atoms with E-state index < -0.39 is 0 Å². The number of aromatic nitrogens is 2. The Hall–Kier alpha value is -1.13. The van der Waals surface area contributed by atoms with E-state index in [-0.39, 0.29) is 0 Å². The molecule has 0 aliphatic carbocycles. The van der Waals surface area contributed by atoms with Crippen molar-refractivity contribution in [2.75, 3.05) is 19.6 Å². The van der Waals surface area contributed by atoms with E-state index in [2.05, 4.69) is 16.5 Å². The fraction of sp³-hybridized carbons (Fsp3) is 0.500. The molecule has 4 heteroatoms. The second kappa shape index (κ2) is 6.34. The van der Waals surface area contributed by atoms with Crippen LogP contribution >= 0.6 is 0 Å². The third-order valence-corrected chi connectivity index (χ3v) is 2.01. The highest BCUT2D eigenvalue weighted by molar-refractivity contribution is 5.12. The number of hydrogen-bond donors (Lipinski definition) is 2. The number of rotatable bonds is 7. The summed E-state index contributed by atoms with van der Waals surface area (Å²) in [6.07, 6.45) is 8.95. The van der Waals surface area contributed by atoms with Gasteiger partial charge in [0, 0.05) is 13.1 Å². The standard InChI is InChI=1S/C10H19N4/c1-2-13-8-9-14(10-13)7-3-5-12-6-4-11/h2,8-10,12H,1,3-7,11H2/q+1. The van der Waals surface area contributed by atoms with E-state index >= 15 is 0 Å². The largest absolute Gasteiger partial charge is 0.329 e. The Morgan fingerprint density at radius 2 is 2.36 bits per heavy atom. The van der Waals surface area contributed by atoms with Gasteiger partial charge in [0.25, 0.3) is 0 Å². The van der Waals surface area contributed by atoms with Crippen LogP contribution in [0.3, 0.4) is 0 Å². The average molecular weight is 195 g/mol. The van der Waals surface area contributed by atoms with E-state index in [0.717, 1.165) is 26.1 Å². The Morgan fingerprint density at radius 1 is 1.50 bits per heavy atom. The average Bonchev–Trinajstić information content (AvgIpc) is 2.65. The van der Waals surface area contributed by atoms with Crippen molar-refractivity contribution >= 4 is 6.20 Å². The molecule has 1 heterocycles. The minimum atomic E-state index is 0.708. The zero-order valence-electron chi connectivity index (χ0n) is 8.52. The second-order valence-corrected chi connectivity index (χ2v) is 3.17. The van der Waals surface area contributed by atoms with Gasteiger partial charge in [-0.15, -0.1) is 0 Å². The summed E-state index contributed by atoms with van der Waals surface area (Å²) >= 11 is 0. The second-order valence-electron chi connectivity index (χ2n) is 3.17. The lowest BCUT2D eigenvalue weighted by Gasteiger charge is -2.00. The molecule has 0 saturated heterocycles. The Labute approximate surface area is 85.0 Å². The van der Waals surface area contributed by atoms with E-state index in [1.165, 1.54) is 0 Å². The summed E-state index contributed by atoms with van der Waals surface area (Å²) in [5.41, 5.74) is 5.36. The van der Waals surface area contributed by atoms with Crippen molar-refractivity contribution in [1.29, 1.82) is 0 Å². The quantitative estimate of drug-likeness (QED) is 0.468. The summed E-state index contributed by atoms with van der Waals surface area (Å²) < 4.78 is 4.08. The topological polar surface area (TPSA) is 46.9 Å². The number of nitrogens with two attached hydrogens (primary N) is 1. The van der Waals surface area contributed by atoms with Gasteiger partial charge < -0.3 is 11.1 Å². The first-order valence-corrected chi connectivity index (χ1v) is 4.96. The van der Waals surface area contributed by atoms with Crippen LogP contribution < -0.4 is 15.6 Å². The first-order valence-electron chi connectivity index (χ1n) is 4.96. The summed E-state index contributed by atoms with van der Waals surface area (Å²) in [5, 5.41) is 3.26. The number of nitrogens with one attached hydrogen (secondary N) is 1. The smallest absolute Gasteiger partial charge is 0.248 e. The zero-order chi connectivity index (χ0) is 10.2. The molecule has 0 aliphatic rings. The Kier molecular flexibility index (Phi) is 4.96. The molecule has 1 aromatic heterocycles. The third-order valence-electron chi connectivity index (χ3n) is 2.01. The minimum Gasteiger partial charge on any atom is -0.329 e. The van der Waals surface area contributed by atoms with Gasteiger partial charge in [-0.3, -0.25) is 0 Å². The predicted octanol–water partition coefficient (Wildman–Crippen LogP) is -0.185. The molecule has 4 nitrogen and oxygen atoms in total. The summed E-state index contributed by atoms with van der Waals surface area (Å²) in [7, 11) is 0. The van der Waals surface area contributed by atoms with Crippen LogP contribution in [0.5, 0.6) is 0 Å². The Balaban J connectivity index is 2.14. The Morgan fingerprint density at radius 3 is 3.00 bits per heavy atom. The van der Waals surface area contributed by atoms with Crippen molar-refractivity contribution in [1.82, 2.24) is 9.88 Å². The van der Waals surface area contributed by atoms with E-state index in [9.17, 15) is 0 Å². The molecule has 1 aromatic rings. The minimum absolute atomic E-state index is 0.708. The van der Waals surface area contributed by atoms with E-state index in [1.54, 1.807) is 6.20 Å². The molecular formula is C10H19N4+. The lowest BCUT2D eigenvalue weighted by atomic mass is 10.4. The first-order chi connectivity index (χ1) is 6.86. The van der Waals surface area contributed by atoms with Crippen molar-refractivity contribution in [3.05, 3.63) is 25.3 Å². The molecule has 0 fully saturated rings. The number of nitrogens with zero attached hydrogens (tertiary/aromatic N) is 2. The van der Waals surface area contributed by atoms with Crippen molar-refractivity contribution in [2.24, 2.45) is 5.73 Å². The zero-order valence-corrected chi connectivity index (χ0v) is 8.52. The highest BCUT2D eigenvalue weighted by Gasteiger charge is 1.99. The van der Waals surface area contributed by atoms with Crippen LogP contribution in [0.25, 0.3) is 6.20 Å². The van der Waals surface area contributed by atoms with Gasteiger partial charge in [-0.05, 0) is 13.0 Å². The van der Waals surface area contributed by atoms with Gasteiger partial charge >= 0.3 is 0 Å². The molecule has 1 rings (SSSR count). The van der Waals surface area contributed by atoms with Crippen molar-refractivity contribution in [3.8, 4) is 0 Å². The summed E-state index contributed by atoms with van der Waals surface area (Å²) in [6.45, 7) is 7.34. The van der Waals surface area contributed by atoms with Crippen molar-refractivity contribution in [2.45, 2.75) is 13.0 Å². The first kappa shape index (κ1) is 10.9. The monoisotopic (exact) mass is 195 g/mol. The maximum Gasteiger partial charge on any atom is 0.248 e. The molecule has 0 aliphatic heterocycles. The highest BCUT2D eigenvalue weighted by Crippen LogP contribution is 1.84. The predicted molar refractivity (Wildman–Crippen MR) is 57.6 cm³/mol. The molecule has 0 aromatic carbocycles. The number of aryl methyl sites for hydroxylation is 1. The van der Waals surface area contributed by atoms with Crippen LogP contribution in [0.1, 0.15) is 6.42 Å². The molecule has 0 saturated carbocycles. The fourth-order valence-electron chi connectivity index (χ4n) is 1.26. The van der Waals surface area contributed by atoms with Crippen LogP contribution in [-0.2, 0) is 6.54 Å². The SMILES string of the molecule is C=Cn1cc[n+](CCCNCCN)c1. The molecule has 0 unspecified atom stereocenters. The molecule has 0 amide bonds. The molecule has 3 N–H and O–H groups in total. The fourth-order valence-corrected chi connectivity index (χ4v) is 1.26. The van der Waals surface area contributed by atoms with Crippen LogP contribution in [0.4, 0.5) is 0 Å².